The molecule has 1 unspecified atom stereocenters. The predicted octanol–water partition coefficient (Wildman–Crippen LogP) is 3.37. The van der Waals surface area contributed by atoms with Crippen molar-refractivity contribution in [2.45, 2.75) is 25.2 Å². The fraction of sp³-hybridized carbons (Fsp3) is 0.250. The highest BCUT2D eigenvalue weighted by Crippen LogP contribution is 2.38. The van der Waals surface area contributed by atoms with Crippen LogP contribution >= 0.6 is 0 Å². The summed E-state index contributed by atoms with van der Waals surface area (Å²) in [6, 6.07) is 15.5. The Bertz CT molecular complexity index is 898. The van der Waals surface area contributed by atoms with Crippen LogP contribution in [0, 0.1) is 0 Å². The minimum Gasteiger partial charge on any atom is -0.312 e. The second-order valence-electron chi connectivity index (χ2n) is 6.29. The average Bonchev–Trinajstić information content (AvgIpc) is 2.97. The first kappa shape index (κ1) is 19.6. The normalized spacial score (nSPS) is 19.5. The molecule has 0 spiro atoms. The number of amidine groups is 1. The molecule has 28 heavy (non-hydrogen) atoms. The van der Waals surface area contributed by atoms with Gasteiger partial charge in [-0.2, -0.15) is 13.2 Å². The number of aliphatic imine (C=N–C) groups is 1. The number of benzene rings is 2. The van der Waals surface area contributed by atoms with Crippen LogP contribution in [0.4, 0.5) is 13.2 Å². The lowest BCUT2D eigenvalue weighted by atomic mass is 10.1. The van der Waals surface area contributed by atoms with Crippen LogP contribution in [-0.4, -0.2) is 40.9 Å². The van der Waals surface area contributed by atoms with Crippen molar-refractivity contribution in [2.24, 2.45) is 4.99 Å². The Labute approximate surface area is 159 Å². The van der Waals surface area contributed by atoms with Gasteiger partial charge in [0.25, 0.3) is 11.8 Å². The van der Waals surface area contributed by atoms with Gasteiger partial charge in [0.15, 0.2) is 0 Å². The highest BCUT2D eigenvalue weighted by molar-refractivity contribution is 6.16. The van der Waals surface area contributed by atoms with Gasteiger partial charge in [0.2, 0.25) is 0 Å². The molecule has 1 N–H and O–H groups in total. The second-order valence-corrected chi connectivity index (χ2v) is 6.29. The first-order valence-corrected chi connectivity index (χ1v) is 8.71. The molecule has 0 saturated heterocycles. The summed E-state index contributed by atoms with van der Waals surface area (Å²) in [5.74, 6) is -2.45. The molecule has 0 aromatic heterocycles. The van der Waals surface area contributed by atoms with E-state index in [-0.39, 0.29) is 17.9 Å². The Morgan fingerprint density at radius 3 is 2.18 bits per heavy atom. The van der Waals surface area contributed by atoms with E-state index in [2.05, 4.69) is 4.99 Å². The van der Waals surface area contributed by atoms with Gasteiger partial charge in [-0.15, -0.1) is 0 Å². The Morgan fingerprint density at radius 1 is 1.07 bits per heavy atom. The minimum atomic E-state index is -5.11. The largest absolute Gasteiger partial charge is 0.442 e. The fourth-order valence-electron chi connectivity index (χ4n) is 2.96. The van der Waals surface area contributed by atoms with E-state index in [1.165, 1.54) is 24.3 Å². The van der Waals surface area contributed by atoms with Crippen molar-refractivity contribution in [3.63, 3.8) is 0 Å². The number of rotatable bonds is 5. The molecule has 2 aromatic carbocycles. The van der Waals surface area contributed by atoms with Gasteiger partial charge in [-0.3, -0.25) is 14.5 Å². The maximum atomic E-state index is 14.1. The molecule has 1 aliphatic rings. The summed E-state index contributed by atoms with van der Waals surface area (Å²) in [6.45, 7) is 1.79. The molecule has 0 bridgehead atoms. The molecule has 146 valence electrons. The quantitative estimate of drug-likeness (QED) is 0.852. The third kappa shape index (κ3) is 3.37. The molecule has 2 aromatic rings. The molecule has 0 fully saturated rings. The van der Waals surface area contributed by atoms with E-state index in [0.717, 1.165) is 4.90 Å². The Morgan fingerprint density at radius 2 is 1.64 bits per heavy atom. The van der Waals surface area contributed by atoms with Gasteiger partial charge in [0, 0.05) is 17.7 Å². The molecular weight excluding hydrogens is 371 g/mol. The Balaban J connectivity index is 2.10. The van der Waals surface area contributed by atoms with Gasteiger partial charge in [0.05, 0.1) is 0 Å². The van der Waals surface area contributed by atoms with E-state index in [1.807, 2.05) is 5.32 Å². The van der Waals surface area contributed by atoms with Crippen LogP contribution in [0.25, 0.3) is 0 Å². The van der Waals surface area contributed by atoms with E-state index < -0.39 is 23.7 Å². The number of halogens is 3. The smallest absolute Gasteiger partial charge is 0.312 e. The number of hydrogen-bond acceptors (Lipinski definition) is 3. The fourth-order valence-corrected chi connectivity index (χ4v) is 2.96. The predicted molar refractivity (Wildman–Crippen MR) is 97.7 cm³/mol. The number of nitrogens with zero attached hydrogens (tertiary/aromatic N) is 2. The SMILES string of the molecule is CCCN1C(=O)C(NC(=O)c2ccccc2)(C(F)(F)F)N=C1c1ccccc1. The van der Waals surface area contributed by atoms with Gasteiger partial charge in [-0.25, -0.2) is 4.99 Å². The average molecular weight is 389 g/mol. The second kappa shape index (κ2) is 7.46. The molecule has 0 aliphatic carbocycles. The standard InChI is InChI=1S/C20H18F3N3O2/c1-2-13-26-16(14-9-5-3-6-10-14)24-19(18(26)28,20(21,22)23)25-17(27)15-11-7-4-8-12-15/h3-12H,2,13H2,1H3,(H,25,27). The van der Waals surface area contributed by atoms with E-state index in [9.17, 15) is 22.8 Å². The van der Waals surface area contributed by atoms with Gasteiger partial charge in [-0.1, -0.05) is 55.5 Å². The molecule has 1 aliphatic heterocycles. The maximum Gasteiger partial charge on any atom is 0.442 e. The summed E-state index contributed by atoms with van der Waals surface area (Å²) in [5.41, 5.74) is -2.99. The first-order chi connectivity index (χ1) is 13.3. The van der Waals surface area contributed by atoms with E-state index in [1.54, 1.807) is 43.3 Å². The number of alkyl halides is 3. The highest BCUT2D eigenvalue weighted by Gasteiger charge is 2.67. The minimum absolute atomic E-state index is 0.00401. The Kier molecular flexibility index (Phi) is 5.22. The van der Waals surface area contributed by atoms with Gasteiger partial charge in [-0.05, 0) is 18.6 Å². The number of hydrogen-bond donors (Lipinski definition) is 1. The first-order valence-electron chi connectivity index (χ1n) is 8.71. The highest BCUT2D eigenvalue weighted by atomic mass is 19.4. The summed E-state index contributed by atoms with van der Waals surface area (Å²) in [6.07, 6.45) is -4.69. The lowest BCUT2D eigenvalue weighted by Gasteiger charge is -2.29. The van der Waals surface area contributed by atoms with Crippen molar-refractivity contribution in [3.05, 3.63) is 71.8 Å². The van der Waals surface area contributed by atoms with Crippen molar-refractivity contribution in [3.8, 4) is 0 Å². The molecule has 5 nitrogen and oxygen atoms in total. The van der Waals surface area contributed by atoms with Gasteiger partial charge in [0.1, 0.15) is 5.84 Å². The number of carbonyl (C=O) groups excluding carboxylic acids is 2. The lowest BCUT2D eigenvalue weighted by molar-refractivity contribution is -0.196. The van der Waals surface area contributed by atoms with Crippen molar-refractivity contribution in [1.29, 1.82) is 0 Å². The lowest BCUT2D eigenvalue weighted by Crippen LogP contribution is -2.63. The van der Waals surface area contributed by atoms with Crippen molar-refractivity contribution in [2.75, 3.05) is 6.54 Å². The van der Waals surface area contributed by atoms with Crippen LogP contribution in [0.5, 0.6) is 0 Å². The van der Waals surface area contributed by atoms with Crippen LogP contribution in [0.1, 0.15) is 29.3 Å². The van der Waals surface area contributed by atoms with Gasteiger partial charge >= 0.3 is 11.8 Å². The molecule has 0 radical (unpaired) electrons. The van der Waals surface area contributed by atoms with Crippen LogP contribution in [-0.2, 0) is 4.79 Å². The molecule has 3 rings (SSSR count). The van der Waals surface area contributed by atoms with E-state index in [0.29, 0.717) is 12.0 Å². The molecule has 0 saturated carbocycles. The van der Waals surface area contributed by atoms with Crippen molar-refractivity contribution < 1.29 is 22.8 Å². The van der Waals surface area contributed by atoms with E-state index in [4.69, 9.17) is 0 Å². The maximum absolute atomic E-state index is 14.1. The Hall–Kier alpha value is -3.16. The van der Waals surface area contributed by atoms with Crippen molar-refractivity contribution >= 4 is 17.6 Å². The van der Waals surface area contributed by atoms with Gasteiger partial charge < -0.3 is 5.32 Å². The summed E-state index contributed by atoms with van der Waals surface area (Å²) in [5, 5.41) is 1.84. The van der Waals surface area contributed by atoms with Crippen LogP contribution in [0.2, 0.25) is 0 Å². The van der Waals surface area contributed by atoms with Crippen LogP contribution < -0.4 is 5.32 Å². The zero-order valence-electron chi connectivity index (χ0n) is 15.0. The molecule has 1 atom stereocenters. The van der Waals surface area contributed by atoms with Crippen LogP contribution in [0.15, 0.2) is 65.7 Å². The number of nitrogens with one attached hydrogen (secondary N) is 1. The zero-order valence-corrected chi connectivity index (χ0v) is 15.0. The molecule has 8 heteroatoms. The zero-order chi connectivity index (χ0) is 20.4. The third-order valence-corrected chi connectivity index (χ3v) is 4.30. The topological polar surface area (TPSA) is 61.8 Å². The summed E-state index contributed by atoms with van der Waals surface area (Å²) >= 11 is 0. The summed E-state index contributed by atoms with van der Waals surface area (Å²) in [4.78, 5) is 30.1. The number of carbonyl (C=O) groups is 2. The number of amides is 2. The third-order valence-electron chi connectivity index (χ3n) is 4.30. The van der Waals surface area contributed by atoms with E-state index >= 15 is 0 Å². The summed E-state index contributed by atoms with van der Waals surface area (Å²) in [7, 11) is 0. The monoisotopic (exact) mass is 389 g/mol. The summed E-state index contributed by atoms with van der Waals surface area (Å²) < 4.78 is 42.2. The molecular formula is C20H18F3N3O2. The van der Waals surface area contributed by atoms with Crippen molar-refractivity contribution in [1.82, 2.24) is 10.2 Å². The van der Waals surface area contributed by atoms with Crippen LogP contribution in [0.3, 0.4) is 0 Å². The molecule has 1 heterocycles. The molecule has 2 amide bonds.